The normalized spacial score (nSPS) is 17.2. The van der Waals surface area contributed by atoms with Crippen LogP contribution in [-0.2, 0) is 14.8 Å². The van der Waals surface area contributed by atoms with Crippen molar-refractivity contribution in [2.75, 3.05) is 13.1 Å². The first-order valence-electron chi connectivity index (χ1n) is 7.28. The fraction of sp³-hybridized carbons (Fsp3) is 0.533. The molecule has 0 aromatic heterocycles. The molecule has 1 saturated heterocycles. The summed E-state index contributed by atoms with van der Waals surface area (Å²) in [5, 5.41) is 0. The second-order valence-corrected chi connectivity index (χ2v) is 7.40. The van der Waals surface area contributed by atoms with Gasteiger partial charge in [-0.25, -0.2) is 8.42 Å². The summed E-state index contributed by atoms with van der Waals surface area (Å²) in [7, 11) is -3.68. The monoisotopic (exact) mass is 310 g/mol. The highest BCUT2D eigenvalue weighted by Gasteiger charge is 2.32. The molecule has 5 nitrogen and oxygen atoms in total. The average Bonchev–Trinajstić information content (AvgIpc) is 2.99. The maximum Gasteiger partial charge on any atom is 0.241 e. The van der Waals surface area contributed by atoms with Crippen LogP contribution in [-0.4, -0.2) is 38.4 Å². The van der Waals surface area contributed by atoms with E-state index >= 15 is 0 Å². The molecule has 21 heavy (non-hydrogen) atoms. The number of sulfonamides is 1. The first-order chi connectivity index (χ1) is 9.92. The third-order valence-electron chi connectivity index (χ3n) is 3.69. The van der Waals surface area contributed by atoms with Crippen molar-refractivity contribution in [1.82, 2.24) is 9.62 Å². The van der Waals surface area contributed by atoms with Gasteiger partial charge >= 0.3 is 0 Å². The summed E-state index contributed by atoms with van der Waals surface area (Å²) >= 11 is 0. The molecule has 1 aromatic rings. The SMILES string of the molecule is CC(C)[C@@H](NS(=O)(=O)c1ccccc1)C(=O)N1CCCC1. The zero-order valence-corrected chi connectivity index (χ0v) is 13.3. The van der Waals surface area contributed by atoms with Crippen molar-refractivity contribution in [3.05, 3.63) is 30.3 Å². The van der Waals surface area contributed by atoms with Crippen LogP contribution in [0.4, 0.5) is 0 Å². The van der Waals surface area contributed by atoms with Gasteiger partial charge in [-0.3, -0.25) is 4.79 Å². The van der Waals surface area contributed by atoms with E-state index in [0.717, 1.165) is 25.9 Å². The smallest absolute Gasteiger partial charge is 0.241 e. The van der Waals surface area contributed by atoms with E-state index in [1.54, 1.807) is 23.1 Å². The largest absolute Gasteiger partial charge is 0.341 e. The van der Waals surface area contributed by atoms with Gasteiger partial charge in [0.05, 0.1) is 4.90 Å². The van der Waals surface area contributed by atoms with Gasteiger partial charge in [0.1, 0.15) is 6.04 Å². The zero-order chi connectivity index (χ0) is 15.5. The Morgan fingerprint density at radius 1 is 1.14 bits per heavy atom. The average molecular weight is 310 g/mol. The molecule has 1 aliphatic heterocycles. The molecule has 6 heteroatoms. The van der Waals surface area contributed by atoms with Crippen molar-refractivity contribution in [3.8, 4) is 0 Å². The molecule has 1 aromatic carbocycles. The van der Waals surface area contributed by atoms with E-state index in [4.69, 9.17) is 0 Å². The van der Waals surface area contributed by atoms with Crippen LogP contribution >= 0.6 is 0 Å². The highest BCUT2D eigenvalue weighted by molar-refractivity contribution is 7.89. The van der Waals surface area contributed by atoms with E-state index in [0.29, 0.717) is 0 Å². The molecule has 116 valence electrons. The molecular formula is C15H22N2O3S. The third-order valence-corrected chi connectivity index (χ3v) is 5.14. The lowest BCUT2D eigenvalue weighted by Crippen LogP contribution is -2.50. The second-order valence-electron chi connectivity index (χ2n) is 5.69. The van der Waals surface area contributed by atoms with Gasteiger partial charge < -0.3 is 4.90 Å². The maximum atomic E-state index is 12.5. The number of amides is 1. The Hall–Kier alpha value is -1.40. The van der Waals surface area contributed by atoms with Crippen molar-refractivity contribution in [3.63, 3.8) is 0 Å². The lowest BCUT2D eigenvalue weighted by atomic mass is 10.0. The van der Waals surface area contributed by atoms with Gasteiger partial charge in [-0.05, 0) is 30.9 Å². The molecule has 1 aliphatic rings. The summed E-state index contributed by atoms with van der Waals surface area (Å²) in [5.74, 6) is -0.224. The first-order valence-corrected chi connectivity index (χ1v) is 8.76. The molecule has 1 amide bonds. The summed E-state index contributed by atoms with van der Waals surface area (Å²) < 4.78 is 27.3. The highest BCUT2D eigenvalue weighted by Crippen LogP contribution is 2.16. The van der Waals surface area contributed by atoms with E-state index in [-0.39, 0.29) is 16.7 Å². The summed E-state index contributed by atoms with van der Waals surface area (Å²) in [6, 6.07) is 7.44. The quantitative estimate of drug-likeness (QED) is 0.898. The number of rotatable bonds is 5. The van der Waals surface area contributed by atoms with Crippen molar-refractivity contribution < 1.29 is 13.2 Å². The number of hydrogen-bond acceptors (Lipinski definition) is 3. The molecule has 1 N–H and O–H groups in total. The summed E-state index contributed by atoms with van der Waals surface area (Å²) in [4.78, 5) is 14.4. The number of carbonyl (C=O) groups is 1. The van der Waals surface area contributed by atoms with Crippen molar-refractivity contribution in [2.45, 2.75) is 37.6 Å². The molecule has 0 saturated carbocycles. The van der Waals surface area contributed by atoms with Crippen LogP contribution in [0.1, 0.15) is 26.7 Å². The van der Waals surface area contributed by atoms with Gasteiger partial charge in [-0.1, -0.05) is 32.0 Å². The minimum atomic E-state index is -3.68. The van der Waals surface area contributed by atoms with Crippen LogP contribution in [0.2, 0.25) is 0 Å². The number of hydrogen-bond donors (Lipinski definition) is 1. The first kappa shape index (κ1) is 16.0. The van der Waals surface area contributed by atoms with E-state index in [1.807, 2.05) is 13.8 Å². The van der Waals surface area contributed by atoms with Gasteiger partial charge in [0.15, 0.2) is 0 Å². The van der Waals surface area contributed by atoms with Crippen LogP contribution in [0.25, 0.3) is 0 Å². The standard InChI is InChI=1S/C15H22N2O3S/c1-12(2)14(15(18)17-10-6-7-11-17)16-21(19,20)13-8-4-3-5-9-13/h3-5,8-9,12,14,16H,6-7,10-11H2,1-2H3/t14-/m1/s1. The van der Waals surface area contributed by atoms with Crippen molar-refractivity contribution >= 4 is 15.9 Å². The van der Waals surface area contributed by atoms with Gasteiger partial charge in [-0.15, -0.1) is 0 Å². The molecule has 0 spiro atoms. The van der Waals surface area contributed by atoms with Crippen LogP contribution in [0.3, 0.4) is 0 Å². The Balaban J connectivity index is 2.18. The summed E-state index contributed by atoms with van der Waals surface area (Å²) in [6.45, 7) is 5.14. The molecule has 2 rings (SSSR count). The number of benzene rings is 1. The van der Waals surface area contributed by atoms with Crippen LogP contribution in [0.5, 0.6) is 0 Å². The van der Waals surface area contributed by atoms with Crippen LogP contribution in [0, 0.1) is 5.92 Å². The van der Waals surface area contributed by atoms with Crippen molar-refractivity contribution in [1.29, 1.82) is 0 Å². The van der Waals surface area contributed by atoms with Gasteiger partial charge in [0.2, 0.25) is 15.9 Å². The van der Waals surface area contributed by atoms with Crippen LogP contribution < -0.4 is 4.72 Å². The van der Waals surface area contributed by atoms with E-state index < -0.39 is 16.1 Å². The Morgan fingerprint density at radius 3 is 2.24 bits per heavy atom. The topological polar surface area (TPSA) is 66.5 Å². The highest BCUT2D eigenvalue weighted by atomic mass is 32.2. The lowest BCUT2D eigenvalue weighted by molar-refractivity contribution is -0.132. The number of nitrogens with zero attached hydrogens (tertiary/aromatic N) is 1. The fourth-order valence-corrected chi connectivity index (χ4v) is 3.80. The summed E-state index contributed by atoms with van der Waals surface area (Å²) in [6.07, 6.45) is 1.98. The predicted molar refractivity (Wildman–Crippen MR) is 81.2 cm³/mol. The van der Waals surface area contributed by atoms with Gasteiger partial charge in [0, 0.05) is 13.1 Å². The fourth-order valence-electron chi connectivity index (χ4n) is 2.44. The molecule has 0 unspecified atom stereocenters. The third kappa shape index (κ3) is 3.83. The molecule has 0 radical (unpaired) electrons. The summed E-state index contributed by atoms with van der Waals surface area (Å²) in [5.41, 5.74) is 0. The zero-order valence-electron chi connectivity index (χ0n) is 12.5. The lowest BCUT2D eigenvalue weighted by Gasteiger charge is -2.26. The molecule has 1 fully saturated rings. The Morgan fingerprint density at radius 2 is 1.71 bits per heavy atom. The maximum absolute atomic E-state index is 12.5. The van der Waals surface area contributed by atoms with E-state index in [1.165, 1.54) is 12.1 Å². The Bertz CT molecular complexity index is 578. The molecule has 0 aliphatic carbocycles. The number of likely N-dealkylation sites (tertiary alicyclic amines) is 1. The Labute approximate surface area is 126 Å². The number of carbonyl (C=O) groups excluding carboxylic acids is 1. The minimum absolute atomic E-state index is 0.100. The molecular weight excluding hydrogens is 288 g/mol. The Kier molecular flexibility index (Phi) is 5.00. The number of nitrogens with one attached hydrogen (secondary N) is 1. The van der Waals surface area contributed by atoms with E-state index in [2.05, 4.69) is 4.72 Å². The molecule has 0 bridgehead atoms. The second kappa shape index (κ2) is 6.58. The molecule has 1 atom stereocenters. The molecule has 1 heterocycles. The van der Waals surface area contributed by atoms with E-state index in [9.17, 15) is 13.2 Å². The van der Waals surface area contributed by atoms with Crippen molar-refractivity contribution in [2.24, 2.45) is 5.92 Å². The van der Waals surface area contributed by atoms with Gasteiger partial charge in [0.25, 0.3) is 0 Å². The van der Waals surface area contributed by atoms with Crippen LogP contribution in [0.15, 0.2) is 35.2 Å². The van der Waals surface area contributed by atoms with Gasteiger partial charge in [-0.2, -0.15) is 4.72 Å². The predicted octanol–water partition coefficient (Wildman–Crippen LogP) is 1.61. The minimum Gasteiger partial charge on any atom is -0.341 e.